The molecule has 0 spiro atoms. The monoisotopic (exact) mass is 395 g/mol. The Kier molecular flexibility index (Phi) is 5.20. The lowest BCUT2D eigenvalue weighted by Crippen LogP contribution is -2.36. The number of aryl methyl sites for hydroxylation is 1. The summed E-state index contributed by atoms with van der Waals surface area (Å²) in [5, 5.41) is 10.9. The van der Waals surface area contributed by atoms with Gasteiger partial charge in [0.25, 0.3) is 11.7 Å². The summed E-state index contributed by atoms with van der Waals surface area (Å²) in [6, 6.07) is 11.9. The maximum atomic E-state index is 13.5. The van der Waals surface area contributed by atoms with Gasteiger partial charge in [0.05, 0.1) is 17.7 Å². The molecule has 5 nitrogen and oxygen atoms in total. The number of carbonyl (C=O) groups excluding carboxylic acids is 2. The zero-order valence-electron chi connectivity index (χ0n) is 16.1. The topological polar surface area (TPSA) is 66.8 Å². The largest absolute Gasteiger partial charge is 0.507 e. The second-order valence-corrected chi connectivity index (χ2v) is 7.50. The molecular weight excluding hydrogens is 373 g/mol. The number of hydrogen-bond acceptors (Lipinski definition) is 4. The summed E-state index contributed by atoms with van der Waals surface area (Å²) in [5.41, 5.74) is 2.05. The minimum absolute atomic E-state index is 0.0171. The van der Waals surface area contributed by atoms with E-state index in [1.807, 2.05) is 19.1 Å². The van der Waals surface area contributed by atoms with E-state index < -0.39 is 23.5 Å². The SMILES string of the molecule is Cc1ccc(/C(O)=C2\C(=O)C(=O)N(CC3CCCO3)C2c2ccc(F)cc2)cc1. The van der Waals surface area contributed by atoms with E-state index in [1.54, 1.807) is 12.1 Å². The second-order valence-electron chi connectivity index (χ2n) is 7.50. The van der Waals surface area contributed by atoms with Crippen molar-refractivity contribution in [2.45, 2.75) is 31.9 Å². The van der Waals surface area contributed by atoms with Crippen molar-refractivity contribution in [2.75, 3.05) is 13.2 Å². The fourth-order valence-electron chi connectivity index (χ4n) is 3.93. The van der Waals surface area contributed by atoms with Gasteiger partial charge in [-0.1, -0.05) is 42.0 Å². The van der Waals surface area contributed by atoms with Crippen LogP contribution in [0.1, 0.15) is 35.6 Å². The number of Topliss-reactive ketones (excluding diaryl/α,β-unsaturated/α-hetero) is 1. The van der Waals surface area contributed by atoms with Gasteiger partial charge in [-0.25, -0.2) is 4.39 Å². The number of halogens is 1. The van der Waals surface area contributed by atoms with Crippen molar-refractivity contribution in [1.82, 2.24) is 4.90 Å². The number of likely N-dealkylation sites (tertiary alicyclic amines) is 1. The van der Waals surface area contributed by atoms with Gasteiger partial charge in [-0.2, -0.15) is 0 Å². The van der Waals surface area contributed by atoms with Gasteiger partial charge in [-0.05, 0) is 37.5 Å². The molecule has 29 heavy (non-hydrogen) atoms. The molecule has 2 aromatic carbocycles. The van der Waals surface area contributed by atoms with E-state index in [9.17, 15) is 19.1 Å². The first-order valence-electron chi connectivity index (χ1n) is 9.68. The molecule has 1 amide bonds. The smallest absolute Gasteiger partial charge is 0.295 e. The molecule has 2 saturated heterocycles. The molecule has 4 rings (SSSR count). The lowest BCUT2D eigenvalue weighted by Gasteiger charge is -2.27. The fourth-order valence-corrected chi connectivity index (χ4v) is 3.93. The average molecular weight is 395 g/mol. The van der Waals surface area contributed by atoms with Crippen molar-refractivity contribution in [3.63, 3.8) is 0 Å². The zero-order chi connectivity index (χ0) is 20.5. The van der Waals surface area contributed by atoms with Gasteiger partial charge in [0.1, 0.15) is 11.6 Å². The molecule has 0 aliphatic carbocycles. The normalized spacial score (nSPS) is 23.7. The van der Waals surface area contributed by atoms with Gasteiger partial charge in [-0.3, -0.25) is 9.59 Å². The summed E-state index contributed by atoms with van der Waals surface area (Å²) in [4.78, 5) is 27.2. The number of benzene rings is 2. The summed E-state index contributed by atoms with van der Waals surface area (Å²) in [6.07, 6.45) is 1.55. The van der Waals surface area contributed by atoms with Gasteiger partial charge >= 0.3 is 0 Å². The number of ketones is 1. The predicted molar refractivity (Wildman–Crippen MR) is 106 cm³/mol. The van der Waals surface area contributed by atoms with Crippen LogP contribution < -0.4 is 0 Å². The van der Waals surface area contributed by atoms with Crippen LogP contribution in [0.15, 0.2) is 54.1 Å². The quantitative estimate of drug-likeness (QED) is 0.487. The predicted octanol–water partition coefficient (Wildman–Crippen LogP) is 3.73. The Hall–Kier alpha value is -2.99. The molecule has 2 fully saturated rings. The Morgan fingerprint density at radius 3 is 2.45 bits per heavy atom. The van der Waals surface area contributed by atoms with Crippen molar-refractivity contribution < 1.29 is 23.8 Å². The Morgan fingerprint density at radius 1 is 1.14 bits per heavy atom. The molecule has 2 aromatic rings. The van der Waals surface area contributed by atoms with Crippen LogP contribution >= 0.6 is 0 Å². The van der Waals surface area contributed by atoms with Crippen molar-refractivity contribution >= 4 is 17.4 Å². The number of nitrogens with zero attached hydrogens (tertiary/aromatic N) is 1. The number of aliphatic hydroxyl groups is 1. The van der Waals surface area contributed by atoms with E-state index in [4.69, 9.17) is 4.74 Å². The van der Waals surface area contributed by atoms with Crippen molar-refractivity contribution in [2.24, 2.45) is 0 Å². The Bertz CT molecular complexity index is 959. The van der Waals surface area contributed by atoms with Crippen molar-refractivity contribution in [3.8, 4) is 0 Å². The first-order chi connectivity index (χ1) is 14.0. The molecule has 2 heterocycles. The van der Waals surface area contributed by atoms with E-state index in [-0.39, 0.29) is 24.0 Å². The zero-order valence-corrected chi connectivity index (χ0v) is 16.1. The standard InChI is InChI=1S/C23H22FNO4/c1-14-4-6-16(7-5-14)21(26)19-20(15-8-10-17(24)11-9-15)25(23(28)22(19)27)13-18-3-2-12-29-18/h4-11,18,20,26H,2-3,12-13H2,1H3/b21-19+. The lowest BCUT2D eigenvalue weighted by atomic mass is 9.95. The molecular formula is C23H22FNO4. The third kappa shape index (κ3) is 3.68. The molecule has 2 aliphatic heterocycles. The number of hydrogen-bond donors (Lipinski definition) is 1. The first kappa shape index (κ1) is 19.3. The molecule has 0 aromatic heterocycles. The van der Waals surface area contributed by atoms with Gasteiger partial charge in [0.2, 0.25) is 0 Å². The van der Waals surface area contributed by atoms with Crippen molar-refractivity contribution in [3.05, 3.63) is 76.6 Å². The minimum atomic E-state index is -0.791. The third-order valence-corrected chi connectivity index (χ3v) is 5.48. The van der Waals surface area contributed by atoms with E-state index in [0.29, 0.717) is 17.7 Å². The van der Waals surface area contributed by atoms with Crippen LogP contribution in [-0.4, -0.2) is 41.0 Å². The first-order valence-corrected chi connectivity index (χ1v) is 9.68. The summed E-state index contributed by atoms with van der Waals surface area (Å²) >= 11 is 0. The van der Waals surface area contributed by atoms with E-state index in [1.165, 1.54) is 29.2 Å². The van der Waals surface area contributed by atoms with Crippen LogP contribution in [-0.2, 0) is 14.3 Å². The van der Waals surface area contributed by atoms with Crippen LogP contribution in [0.3, 0.4) is 0 Å². The average Bonchev–Trinajstić information content (AvgIpc) is 3.31. The molecule has 6 heteroatoms. The third-order valence-electron chi connectivity index (χ3n) is 5.48. The van der Waals surface area contributed by atoms with E-state index in [2.05, 4.69) is 0 Å². The fraction of sp³-hybridized carbons (Fsp3) is 0.304. The Labute approximate surface area is 168 Å². The molecule has 1 N–H and O–H groups in total. The molecule has 0 radical (unpaired) electrons. The van der Waals surface area contributed by atoms with Gasteiger partial charge in [0.15, 0.2) is 0 Å². The van der Waals surface area contributed by atoms with Crippen LogP contribution in [0.2, 0.25) is 0 Å². The molecule has 2 atom stereocenters. The van der Waals surface area contributed by atoms with Gasteiger partial charge in [0, 0.05) is 18.7 Å². The highest BCUT2D eigenvalue weighted by molar-refractivity contribution is 6.46. The van der Waals surface area contributed by atoms with Crippen LogP contribution in [0.25, 0.3) is 5.76 Å². The van der Waals surface area contributed by atoms with E-state index in [0.717, 1.165) is 18.4 Å². The van der Waals surface area contributed by atoms with Crippen LogP contribution in [0, 0.1) is 12.7 Å². The highest BCUT2D eigenvalue weighted by Gasteiger charge is 2.47. The van der Waals surface area contributed by atoms with Crippen LogP contribution in [0.5, 0.6) is 0 Å². The van der Waals surface area contributed by atoms with Crippen molar-refractivity contribution in [1.29, 1.82) is 0 Å². The second kappa shape index (κ2) is 7.79. The summed E-state index contributed by atoms with van der Waals surface area (Å²) in [7, 11) is 0. The van der Waals surface area contributed by atoms with Crippen LogP contribution in [0.4, 0.5) is 4.39 Å². The minimum Gasteiger partial charge on any atom is -0.507 e. The summed E-state index contributed by atoms with van der Waals surface area (Å²) in [5.74, 6) is -2.06. The number of ether oxygens (including phenoxy) is 1. The van der Waals surface area contributed by atoms with Gasteiger partial charge in [-0.15, -0.1) is 0 Å². The summed E-state index contributed by atoms with van der Waals surface area (Å²) < 4.78 is 19.1. The number of rotatable bonds is 4. The number of aliphatic hydroxyl groups excluding tert-OH is 1. The number of carbonyl (C=O) groups is 2. The Morgan fingerprint density at radius 2 is 1.83 bits per heavy atom. The molecule has 0 bridgehead atoms. The highest BCUT2D eigenvalue weighted by atomic mass is 19.1. The maximum Gasteiger partial charge on any atom is 0.295 e. The van der Waals surface area contributed by atoms with E-state index >= 15 is 0 Å². The highest BCUT2D eigenvalue weighted by Crippen LogP contribution is 2.40. The molecule has 0 saturated carbocycles. The molecule has 150 valence electrons. The molecule has 2 aliphatic rings. The molecule has 2 unspecified atom stereocenters. The van der Waals surface area contributed by atoms with Gasteiger partial charge < -0.3 is 14.7 Å². The maximum absolute atomic E-state index is 13.5. The number of amides is 1. The summed E-state index contributed by atoms with van der Waals surface area (Å²) in [6.45, 7) is 2.79. The Balaban J connectivity index is 1.81. The lowest BCUT2D eigenvalue weighted by molar-refractivity contribution is -0.140.